The van der Waals surface area contributed by atoms with E-state index in [9.17, 15) is 0 Å². The largest absolute Gasteiger partial charge is 0.245 e. The van der Waals surface area contributed by atoms with Gasteiger partial charge in [-0.2, -0.15) is 0 Å². The number of aromatic nitrogens is 1. The van der Waals surface area contributed by atoms with E-state index in [1.807, 2.05) is 5.51 Å². The summed E-state index contributed by atoms with van der Waals surface area (Å²) < 4.78 is 0. The van der Waals surface area contributed by atoms with E-state index < -0.39 is 0 Å². The van der Waals surface area contributed by atoms with Gasteiger partial charge in [0.25, 0.3) is 0 Å². The SMILES string of the molecule is ClC1C=C(c2cscn2)CCC1. The molecule has 0 bridgehead atoms. The lowest BCUT2D eigenvalue weighted by Gasteiger charge is -2.14. The van der Waals surface area contributed by atoms with Crippen LogP contribution in [0.2, 0.25) is 0 Å². The topological polar surface area (TPSA) is 12.9 Å². The Labute approximate surface area is 81.1 Å². The molecule has 0 aromatic carbocycles. The van der Waals surface area contributed by atoms with Gasteiger partial charge in [-0.25, -0.2) is 4.98 Å². The van der Waals surface area contributed by atoms with Crippen LogP contribution in [-0.4, -0.2) is 10.4 Å². The zero-order valence-corrected chi connectivity index (χ0v) is 8.24. The molecule has 1 atom stereocenters. The van der Waals surface area contributed by atoms with E-state index in [0.29, 0.717) is 0 Å². The normalized spacial score (nSPS) is 23.8. The smallest absolute Gasteiger partial charge is 0.0798 e. The molecule has 12 heavy (non-hydrogen) atoms. The summed E-state index contributed by atoms with van der Waals surface area (Å²) in [7, 11) is 0. The number of hydrogen-bond donors (Lipinski definition) is 0. The van der Waals surface area contributed by atoms with Crippen molar-refractivity contribution in [2.75, 3.05) is 0 Å². The molecule has 1 aliphatic rings. The Hall–Kier alpha value is -0.340. The first kappa shape index (κ1) is 8.27. The van der Waals surface area contributed by atoms with Gasteiger partial charge in [0.1, 0.15) is 0 Å². The molecule has 1 aromatic rings. The van der Waals surface area contributed by atoms with Crippen molar-refractivity contribution < 1.29 is 0 Å². The van der Waals surface area contributed by atoms with Crippen LogP contribution in [0.5, 0.6) is 0 Å². The average Bonchev–Trinajstić information content (AvgIpc) is 2.56. The van der Waals surface area contributed by atoms with Crippen LogP contribution in [0.1, 0.15) is 25.0 Å². The molecule has 1 heterocycles. The minimum atomic E-state index is 0.218. The Kier molecular flexibility index (Phi) is 2.47. The monoisotopic (exact) mass is 199 g/mol. The van der Waals surface area contributed by atoms with Crippen LogP contribution < -0.4 is 0 Å². The van der Waals surface area contributed by atoms with Gasteiger partial charge in [-0.3, -0.25) is 0 Å². The lowest BCUT2D eigenvalue weighted by atomic mass is 9.97. The molecule has 2 rings (SSSR count). The zero-order valence-electron chi connectivity index (χ0n) is 6.66. The average molecular weight is 200 g/mol. The minimum Gasteiger partial charge on any atom is -0.245 e. The summed E-state index contributed by atoms with van der Waals surface area (Å²) in [5, 5.41) is 2.30. The molecule has 0 saturated heterocycles. The molecule has 0 saturated carbocycles. The maximum absolute atomic E-state index is 6.03. The van der Waals surface area contributed by atoms with Gasteiger partial charge in [-0.1, -0.05) is 6.08 Å². The first-order valence-corrected chi connectivity index (χ1v) is 5.47. The number of hydrogen-bond acceptors (Lipinski definition) is 2. The molecule has 1 aromatic heterocycles. The summed E-state index contributed by atoms with van der Waals surface area (Å²) in [5.74, 6) is 0. The van der Waals surface area contributed by atoms with E-state index >= 15 is 0 Å². The van der Waals surface area contributed by atoms with Gasteiger partial charge in [-0.15, -0.1) is 22.9 Å². The quantitative estimate of drug-likeness (QED) is 0.633. The molecule has 1 nitrogen and oxygen atoms in total. The highest BCUT2D eigenvalue weighted by Crippen LogP contribution is 2.28. The standard InChI is InChI=1S/C9H10ClNS/c10-8-3-1-2-7(4-8)9-5-12-6-11-9/h4-6,8H,1-3H2. The molecule has 64 valence electrons. The van der Waals surface area contributed by atoms with Crippen molar-refractivity contribution >= 4 is 28.5 Å². The van der Waals surface area contributed by atoms with Crippen molar-refractivity contribution in [3.63, 3.8) is 0 Å². The summed E-state index contributed by atoms with van der Waals surface area (Å²) in [6, 6.07) is 0. The first-order valence-electron chi connectivity index (χ1n) is 4.09. The fourth-order valence-corrected chi connectivity index (χ4v) is 2.34. The third-order valence-corrected chi connectivity index (χ3v) is 3.00. The first-order chi connectivity index (χ1) is 5.86. The van der Waals surface area contributed by atoms with E-state index in [4.69, 9.17) is 11.6 Å². The van der Waals surface area contributed by atoms with E-state index in [1.54, 1.807) is 11.3 Å². The predicted octanol–water partition coefficient (Wildman–Crippen LogP) is 3.32. The number of thiazole rings is 1. The van der Waals surface area contributed by atoms with Gasteiger partial charge in [0.15, 0.2) is 0 Å². The summed E-state index contributed by atoms with van der Waals surface area (Å²) in [6.07, 6.45) is 5.57. The zero-order chi connectivity index (χ0) is 8.39. The fraction of sp³-hybridized carbons (Fsp3) is 0.444. The lowest BCUT2D eigenvalue weighted by molar-refractivity contribution is 0.746. The molecule has 0 amide bonds. The van der Waals surface area contributed by atoms with Crippen LogP contribution in [-0.2, 0) is 0 Å². The lowest BCUT2D eigenvalue weighted by Crippen LogP contribution is -2.02. The minimum absolute atomic E-state index is 0.218. The second-order valence-corrected chi connectivity index (χ2v) is 4.25. The van der Waals surface area contributed by atoms with Crippen molar-refractivity contribution in [1.82, 2.24) is 4.98 Å². The number of alkyl halides is 1. The summed E-state index contributed by atoms with van der Waals surface area (Å²) in [4.78, 5) is 4.27. The molecular weight excluding hydrogens is 190 g/mol. The fourth-order valence-electron chi connectivity index (χ4n) is 1.46. The van der Waals surface area contributed by atoms with E-state index in [0.717, 1.165) is 18.5 Å². The van der Waals surface area contributed by atoms with Crippen LogP contribution in [0.25, 0.3) is 5.57 Å². The predicted molar refractivity (Wildman–Crippen MR) is 53.6 cm³/mol. The third kappa shape index (κ3) is 1.70. The van der Waals surface area contributed by atoms with Crippen LogP contribution >= 0.6 is 22.9 Å². The Balaban J connectivity index is 2.23. The van der Waals surface area contributed by atoms with Crippen LogP contribution in [0.3, 0.4) is 0 Å². The van der Waals surface area contributed by atoms with Gasteiger partial charge in [0.2, 0.25) is 0 Å². The van der Waals surface area contributed by atoms with Crippen molar-refractivity contribution in [1.29, 1.82) is 0 Å². The van der Waals surface area contributed by atoms with Crippen LogP contribution in [0.15, 0.2) is 17.0 Å². The molecule has 0 radical (unpaired) electrons. The van der Waals surface area contributed by atoms with Gasteiger partial charge in [-0.05, 0) is 24.8 Å². The molecule has 0 aliphatic heterocycles. The second-order valence-electron chi connectivity index (χ2n) is 2.97. The highest BCUT2D eigenvalue weighted by Gasteiger charge is 2.13. The number of nitrogens with zero attached hydrogens (tertiary/aromatic N) is 1. The van der Waals surface area contributed by atoms with Gasteiger partial charge in [0.05, 0.1) is 16.6 Å². The van der Waals surface area contributed by atoms with Gasteiger partial charge in [0, 0.05) is 5.38 Å². The molecule has 3 heteroatoms. The Bertz CT molecular complexity index is 279. The van der Waals surface area contributed by atoms with Crippen LogP contribution in [0.4, 0.5) is 0 Å². The maximum atomic E-state index is 6.03. The van der Waals surface area contributed by atoms with E-state index in [1.165, 1.54) is 12.0 Å². The molecule has 0 N–H and O–H groups in total. The molecule has 0 fully saturated rings. The summed E-state index contributed by atoms with van der Waals surface area (Å²) in [6.45, 7) is 0. The van der Waals surface area contributed by atoms with Gasteiger partial charge < -0.3 is 0 Å². The summed E-state index contributed by atoms with van der Waals surface area (Å²) >= 11 is 7.67. The maximum Gasteiger partial charge on any atom is 0.0798 e. The number of halogens is 1. The van der Waals surface area contributed by atoms with Crippen LogP contribution in [0, 0.1) is 0 Å². The van der Waals surface area contributed by atoms with E-state index in [2.05, 4.69) is 16.4 Å². The Morgan fingerprint density at radius 3 is 3.17 bits per heavy atom. The van der Waals surface area contributed by atoms with Crippen molar-refractivity contribution in [3.8, 4) is 0 Å². The molecular formula is C9H10ClNS. The van der Waals surface area contributed by atoms with Gasteiger partial charge >= 0.3 is 0 Å². The Morgan fingerprint density at radius 2 is 2.50 bits per heavy atom. The van der Waals surface area contributed by atoms with Crippen molar-refractivity contribution in [3.05, 3.63) is 22.7 Å². The third-order valence-electron chi connectivity index (χ3n) is 2.07. The molecule has 1 unspecified atom stereocenters. The number of allylic oxidation sites excluding steroid dienone is 2. The molecule has 1 aliphatic carbocycles. The second kappa shape index (κ2) is 3.58. The Morgan fingerprint density at radius 1 is 1.58 bits per heavy atom. The van der Waals surface area contributed by atoms with E-state index in [-0.39, 0.29) is 5.38 Å². The highest BCUT2D eigenvalue weighted by atomic mass is 35.5. The molecule has 0 spiro atoms. The highest BCUT2D eigenvalue weighted by molar-refractivity contribution is 7.07. The van der Waals surface area contributed by atoms with Crippen molar-refractivity contribution in [2.45, 2.75) is 24.6 Å². The summed E-state index contributed by atoms with van der Waals surface area (Å²) in [5.41, 5.74) is 4.31. The number of rotatable bonds is 1. The van der Waals surface area contributed by atoms with Crippen molar-refractivity contribution in [2.24, 2.45) is 0 Å².